The van der Waals surface area contributed by atoms with Gasteiger partial charge in [0.15, 0.2) is 11.5 Å². The van der Waals surface area contributed by atoms with Crippen LogP contribution in [0.3, 0.4) is 0 Å². The Morgan fingerprint density at radius 2 is 1.93 bits per heavy atom. The average molecular weight is 207 g/mol. The van der Waals surface area contributed by atoms with E-state index in [1.807, 2.05) is 13.0 Å². The second-order valence-corrected chi connectivity index (χ2v) is 2.72. The van der Waals surface area contributed by atoms with Crippen LogP contribution in [0.15, 0.2) is 12.1 Å². The lowest BCUT2D eigenvalue weighted by Crippen LogP contribution is -2.00. The molecule has 0 aromatic heterocycles. The van der Waals surface area contributed by atoms with Gasteiger partial charge < -0.3 is 14.2 Å². The number of ether oxygens (including phenoxy) is 3. The quantitative estimate of drug-likeness (QED) is 0.757. The molecule has 0 aliphatic heterocycles. The number of nitrogens with zero attached hydrogens (tertiary/aromatic N) is 1. The normalized spacial score (nSPS) is 9.20. The lowest BCUT2D eigenvalue weighted by Gasteiger charge is -2.13. The van der Waals surface area contributed by atoms with Gasteiger partial charge in [-0.2, -0.15) is 5.26 Å². The largest absolute Gasteiger partial charge is 0.493 e. The van der Waals surface area contributed by atoms with Gasteiger partial charge in [0.2, 0.25) is 5.75 Å². The third-order valence-electron chi connectivity index (χ3n) is 1.91. The molecule has 0 aliphatic carbocycles. The van der Waals surface area contributed by atoms with Gasteiger partial charge in [-0.15, -0.1) is 0 Å². The summed E-state index contributed by atoms with van der Waals surface area (Å²) < 4.78 is 15.6. The Kier molecular flexibility index (Phi) is 3.81. The van der Waals surface area contributed by atoms with Crippen LogP contribution < -0.4 is 14.2 Å². The van der Waals surface area contributed by atoms with E-state index in [-0.39, 0.29) is 0 Å². The summed E-state index contributed by atoms with van der Waals surface area (Å²) in [4.78, 5) is 0. The highest BCUT2D eigenvalue weighted by molar-refractivity contribution is 5.59. The maximum Gasteiger partial charge on any atom is 0.204 e. The summed E-state index contributed by atoms with van der Waals surface area (Å²) in [5, 5.41) is 8.90. The van der Waals surface area contributed by atoms with Crippen LogP contribution in [0.4, 0.5) is 0 Å². The van der Waals surface area contributed by atoms with Crippen molar-refractivity contribution in [2.24, 2.45) is 0 Å². The molecule has 1 rings (SSSR count). The lowest BCUT2D eigenvalue weighted by atomic mass is 10.2. The van der Waals surface area contributed by atoms with Gasteiger partial charge in [0.1, 0.15) is 6.07 Å². The Balaban J connectivity index is 3.32. The van der Waals surface area contributed by atoms with E-state index in [1.54, 1.807) is 19.2 Å². The number of benzene rings is 1. The van der Waals surface area contributed by atoms with Crippen molar-refractivity contribution in [1.82, 2.24) is 0 Å². The van der Waals surface area contributed by atoms with E-state index in [9.17, 15) is 0 Å². The molecule has 80 valence electrons. The van der Waals surface area contributed by atoms with Crippen molar-refractivity contribution in [2.45, 2.75) is 6.92 Å². The highest BCUT2D eigenvalue weighted by Gasteiger charge is 2.15. The van der Waals surface area contributed by atoms with Crippen LogP contribution in [-0.4, -0.2) is 20.8 Å². The van der Waals surface area contributed by atoms with E-state index in [0.717, 1.165) is 0 Å². The van der Waals surface area contributed by atoms with Crippen molar-refractivity contribution in [3.63, 3.8) is 0 Å². The molecule has 0 aliphatic rings. The van der Waals surface area contributed by atoms with Crippen molar-refractivity contribution in [1.29, 1.82) is 5.26 Å². The van der Waals surface area contributed by atoms with Gasteiger partial charge in [0, 0.05) is 0 Å². The first-order valence-electron chi connectivity index (χ1n) is 4.56. The fourth-order valence-electron chi connectivity index (χ4n) is 1.27. The molecule has 0 radical (unpaired) electrons. The molecule has 4 heteroatoms. The van der Waals surface area contributed by atoms with Gasteiger partial charge in [-0.3, -0.25) is 0 Å². The fraction of sp³-hybridized carbons (Fsp3) is 0.364. The summed E-state index contributed by atoms with van der Waals surface area (Å²) in [6.45, 7) is 2.32. The molecule has 1 aromatic rings. The van der Waals surface area contributed by atoms with Crippen LogP contribution in [0, 0.1) is 11.3 Å². The van der Waals surface area contributed by atoms with Crippen LogP contribution in [-0.2, 0) is 0 Å². The highest BCUT2D eigenvalue weighted by atomic mass is 16.5. The van der Waals surface area contributed by atoms with E-state index in [0.29, 0.717) is 29.4 Å². The van der Waals surface area contributed by atoms with Crippen LogP contribution in [0.2, 0.25) is 0 Å². The van der Waals surface area contributed by atoms with Crippen molar-refractivity contribution in [2.75, 3.05) is 20.8 Å². The summed E-state index contributed by atoms with van der Waals surface area (Å²) in [6, 6.07) is 5.37. The van der Waals surface area contributed by atoms with Gasteiger partial charge in [0.25, 0.3) is 0 Å². The molecule has 0 heterocycles. The predicted octanol–water partition coefficient (Wildman–Crippen LogP) is 1.97. The van der Waals surface area contributed by atoms with Gasteiger partial charge in [-0.1, -0.05) is 0 Å². The Bertz CT molecular complexity index is 382. The van der Waals surface area contributed by atoms with Gasteiger partial charge >= 0.3 is 0 Å². The standard InChI is InChI=1S/C11H13NO3/c1-4-15-10-8(7-12)5-6-9(13-2)11(10)14-3/h5-6H,4H2,1-3H3. The SMILES string of the molecule is CCOc1c(C#N)ccc(OC)c1OC. The van der Waals surface area contributed by atoms with Crippen molar-refractivity contribution >= 4 is 0 Å². The molecule has 1 aromatic carbocycles. The molecule has 0 saturated heterocycles. The third kappa shape index (κ3) is 2.13. The number of hydrogen-bond acceptors (Lipinski definition) is 4. The zero-order chi connectivity index (χ0) is 11.3. The van der Waals surface area contributed by atoms with Crippen molar-refractivity contribution < 1.29 is 14.2 Å². The number of nitriles is 1. The minimum atomic E-state index is 0.432. The summed E-state index contributed by atoms with van der Waals surface area (Å²) in [7, 11) is 3.06. The van der Waals surface area contributed by atoms with E-state index in [1.165, 1.54) is 7.11 Å². The van der Waals surface area contributed by atoms with Crippen LogP contribution >= 0.6 is 0 Å². The third-order valence-corrected chi connectivity index (χ3v) is 1.91. The van der Waals surface area contributed by atoms with E-state index in [2.05, 4.69) is 0 Å². The van der Waals surface area contributed by atoms with Gasteiger partial charge in [0.05, 0.1) is 26.4 Å². The van der Waals surface area contributed by atoms with Crippen LogP contribution in [0.25, 0.3) is 0 Å². The molecular formula is C11H13NO3. The molecule has 0 unspecified atom stereocenters. The van der Waals surface area contributed by atoms with E-state index in [4.69, 9.17) is 19.5 Å². The molecule has 0 N–H and O–H groups in total. The molecule has 0 spiro atoms. The number of hydrogen-bond donors (Lipinski definition) is 0. The Morgan fingerprint density at radius 1 is 1.20 bits per heavy atom. The summed E-state index contributed by atoms with van der Waals surface area (Å²) >= 11 is 0. The molecule has 0 saturated carbocycles. The van der Waals surface area contributed by atoms with E-state index >= 15 is 0 Å². The van der Waals surface area contributed by atoms with Crippen molar-refractivity contribution in [3.05, 3.63) is 17.7 Å². The number of methoxy groups -OCH3 is 2. The first-order chi connectivity index (χ1) is 7.28. The number of rotatable bonds is 4. The molecule has 15 heavy (non-hydrogen) atoms. The summed E-state index contributed by atoms with van der Waals surface area (Å²) in [6.07, 6.45) is 0. The maximum atomic E-state index is 8.90. The zero-order valence-electron chi connectivity index (χ0n) is 9.03. The summed E-state index contributed by atoms with van der Waals surface area (Å²) in [5.41, 5.74) is 0.439. The summed E-state index contributed by atoms with van der Waals surface area (Å²) in [5.74, 6) is 1.44. The topological polar surface area (TPSA) is 51.5 Å². The second kappa shape index (κ2) is 5.11. The Hall–Kier alpha value is -1.89. The molecule has 0 atom stereocenters. The van der Waals surface area contributed by atoms with Gasteiger partial charge in [-0.25, -0.2) is 0 Å². The first-order valence-corrected chi connectivity index (χ1v) is 4.56. The average Bonchev–Trinajstić information content (AvgIpc) is 2.28. The molecule has 0 amide bonds. The molecule has 0 bridgehead atoms. The smallest absolute Gasteiger partial charge is 0.204 e. The van der Waals surface area contributed by atoms with Crippen LogP contribution in [0.1, 0.15) is 12.5 Å². The monoisotopic (exact) mass is 207 g/mol. The Morgan fingerprint density at radius 3 is 2.40 bits per heavy atom. The lowest BCUT2D eigenvalue weighted by molar-refractivity contribution is 0.296. The van der Waals surface area contributed by atoms with Crippen molar-refractivity contribution in [3.8, 4) is 23.3 Å². The van der Waals surface area contributed by atoms with Gasteiger partial charge in [-0.05, 0) is 19.1 Å². The van der Waals surface area contributed by atoms with E-state index < -0.39 is 0 Å². The second-order valence-electron chi connectivity index (χ2n) is 2.72. The molecule has 0 fully saturated rings. The fourth-order valence-corrected chi connectivity index (χ4v) is 1.27. The zero-order valence-corrected chi connectivity index (χ0v) is 9.03. The predicted molar refractivity (Wildman–Crippen MR) is 55.4 cm³/mol. The minimum Gasteiger partial charge on any atom is -0.493 e. The maximum absolute atomic E-state index is 8.90. The first kappa shape index (κ1) is 11.2. The highest BCUT2D eigenvalue weighted by Crippen LogP contribution is 2.39. The molecule has 4 nitrogen and oxygen atoms in total. The van der Waals surface area contributed by atoms with Crippen LogP contribution in [0.5, 0.6) is 17.2 Å². The minimum absolute atomic E-state index is 0.432. The Labute approximate surface area is 89.0 Å². The molecular weight excluding hydrogens is 194 g/mol.